The van der Waals surface area contributed by atoms with Crippen LogP contribution in [-0.2, 0) is 11.2 Å². The van der Waals surface area contributed by atoms with E-state index in [1.165, 1.54) is 5.56 Å². The predicted molar refractivity (Wildman–Crippen MR) is 98.8 cm³/mol. The minimum absolute atomic E-state index is 0.130. The molecule has 0 N–H and O–H groups in total. The maximum atomic E-state index is 12.1. The van der Waals surface area contributed by atoms with E-state index in [2.05, 4.69) is 6.92 Å². The average molecular weight is 332 g/mol. The third kappa shape index (κ3) is 4.48. The first-order valence-corrected chi connectivity index (χ1v) is 8.33. The number of esters is 1. The molecule has 3 aromatic carbocycles. The Morgan fingerprint density at radius 2 is 1.52 bits per heavy atom. The fraction of sp³-hybridized carbons (Fsp3) is 0.136. The van der Waals surface area contributed by atoms with Crippen LogP contribution in [0, 0.1) is 0 Å². The van der Waals surface area contributed by atoms with Gasteiger partial charge in [-0.2, -0.15) is 0 Å². The predicted octanol–water partition coefficient (Wildman–Crippen LogP) is 4.90. The van der Waals surface area contributed by atoms with E-state index < -0.39 is 5.97 Å². The van der Waals surface area contributed by atoms with E-state index in [1.807, 2.05) is 72.8 Å². The number of aryl methyl sites for hydroxylation is 1. The lowest BCUT2D eigenvalue weighted by molar-refractivity contribution is -0.136. The molecule has 0 unspecified atom stereocenters. The van der Waals surface area contributed by atoms with Crippen molar-refractivity contribution in [2.45, 2.75) is 13.3 Å². The van der Waals surface area contributed by atoms with Gasteiger partial charge in [-0.25, -0.2) is 4.79 Å². The Bertz CT molecular complexity index is 823. The first kappa shape index (κ1) is 16.8. The fourth-order valence-electron chi connectivity index (χ4n) is 2.53. The van der Waals surface area contributed by atoms with Crippen LogP contribution in [0.3, 0.4) is 0 Å². The summed E-state index contributed by atoms with van der Waals surface area (Å²) in [5.74, 6) is 0.761. The molecule has 126 valence electrons. The first-order valence-electron chi connectivity index (χ1n) is 8.33. The van der Waals surface area contributed by atoms with Gasteiger partial charge in [-0.15, -0.1) is 0 Å². The van der Waals surface area contributed by atoms with Crippen LogP contribution < -0.4 is 9.47 Å². The Morgan fingerprint density at radius 1 is 0.840 bits per heavy atom. The highest BCUT2D eigenvalue weighted by atomic mass is 16.6. The molecule has 3 heteroatoms. The molecule has 3 rings (SSSR count). The normalized spacial score (nSPS) is 10.3. The molecule has 0 aliphatic carbocycles. The second-order valence-corrected chi connectivity index (χ2v) is 5.62. The van der Waals surface area contributed by atoms with Crippen molar-refractivity contribution in [3.8, 4) is 22.6 Å². The zero-order valence-corrected chi connectivity index (χ0v) is 14.1. The Hall–Kier alpha value is -3.07. The van der Waals surface area contributed by atoms with E-state index in [0.29, 0.717) is 11.5 Å². The third-order valence-corrected chi connectivity index (χ3v) is 3.88. The van der Waals surface area contributed by atoms with E-state index in [9.17, 15) is 4.79 Å². The number of carbonyl (C=O) groups is 1. The number of ether oxygens (including phenoxy) is 2. The molecule has 0 saturated heterocycles. The number of para-hydroxylation sites is 1. The largest absolute Gasteiger partial charge is 0.482 e. The highest BCUT2D eigenvalue weighted by Gasteiger charge is 2.11. The molecule has 0 spiro atoms. The Kier molecular flexibility index (Phi) is 5.47. The molecule has 0 fully saturated rings. The molecule has 3 nitrogen and oxygen atoms in total. The molecule has 0 aliphatic heterocycles. The highest BCUT2D eigenvalue weighted by Crippen LogP contribution is 2.29. The molecule has 0 atom stereocenters. The van der Waals surface area contributed by atoms with Gasteiger partial charge in [0.2, 0.25) is 0 Å². The number of hydrogen-bond acceptors (Lipinski definition) is 3. The summed E-state index contributed by atoms with van der Waals surface area (Å²) < 4.78 is 11.0. The Morgan fingerprint density at radius 3 is 2.24 bits per heavy atom. The van der Waals surface area contributed by atoms with E-state index in [-0.39, 0.29) is 6.61 Å². The van der Waals surface area contributed by atoms with Gasteiger partial charge in [0.15, 0.2) is 6.61 Å². The summed E-state index contributed by atoms with van der Waals surface area (Å²) in [4.78, 5) is 12.1. The maximum Gasteiger partial charge on any atom is 0.349 e. The molecular formula is C22H20O3. The zero-order chi connectivity index (χ0) is 17.5. The zero-order valence-electron chi connectivity index (χ0n) is 14.1. The number of benzene rings is 3. The lowest BCUT2D eigenvalue weighted by atomic mass is 10.1. The van der Waals surface area contributed by atoms with Crippen LogP contribution >= 0.6 is 0 Å². The van der Waals surface area contributed by atoms with Gasteiger partial charge in [-0.05, 0) is 35.7 Å². The second-order valence-electron chi connectivity index (χ2n) is 5.62. The van der Waals surface area contributed by atoms with E-state index in [1.54, 1.807) is 6.07 Å². The van der Waals surface area contributed by atoms with Gasteiger partial charge in [0.05, 0.1) is 0 Å². The molecule has 0 bridgehead atoms. The van der Waals surface area contributed by atoms with Crippen LogP contribution in [0.5, 0.6) is 11.5 Å². The quantitative estimate of drug-likeness (QED) is 0.476. The third-order valence-electron chi connectivity index (χ3n) is 3.88. The second kappa shape index (κ2) is 8.15. The van der Waals surface area contributed by atoms with E-state index in [4.69, 9.17) is 9.47 Å². The van der Waals surface area contributed by atoms with Crippen molar-refractivity contribution in [2.75, 3.05) is 6.61 Å². The van der Waals surface area contributed by atoms with Gasteiger partial charge in [0.25, 0.3) is 0 Å². The van der Waals surface area contributed by atoms with Crippen molar-refractivity contribution >= 4 is 5.97 Å². The summed E-state index contributed by atoms with van der Waals surface area (Å²) >= 11 is 0. The monoisotopic (exact) mass is 332 g/mol. The van der Waals surface area contributed by atoms with E-state index >= 15 is 0 Å². The molecule has 25 heavy (non-hydrogen) atoms. The van der Waals surface area contributed by atoms with Gasteiger partial charge >= 0.3 is 5.97 Å². The van der Waals surface area contributed by atoms with Crippen LogP contribution in [0.15, 0.2) is 78.9 Å². The lowest BCUT2D eigenvalue weighted by Crippen LogP contribution is -2.18. The van der Waals surface area contributed by atoms with Gasteiger partial charge in [0.1, 0.15) is 11.5 Å². The Labute approximate surface area is 147 Å². The summed E-state index contributed by atoms with van der Waals surface area (Å²) in [6.07, 6.45) is 0.971. The van der Waals surface area contributed by atoms with Crippen molar-refractivity contribution in [2.24, 2.45) is 0 Å². The van der Waals surface area contributed by atoms with Crippen LogP contribution in [0.2, 0.25) is 0 Å². The van der Waals surface area contributed by atoms with Crippen molar-refractivity contribution < 1.29 is 14.3 Å². The first-order chi connectivity index (χ1) is 12.3. The number of rotatable bonds is 6. The van der Waals surface area contributed by atoms with Crippen molar-refractivity contribution in [1.82, 2.24) is 0 Å². The Balaban J connectivity index is 1.65. The standard InChI is InChI=1S/C22H20O3/c1-2-17-12-14-19(15-13-17)24-16-22(23)25-21-11-7-6-10-20(21)18-8-4-3-5-9-18/h3-15H,2,16H2,1H3. The van der Waals surface area contributed by atoms with Crippen LogP contribution in [0.4, 0.5) is 0 Å². The molecule has 0 aromatic heterocycles. The topological polar surface area (TPSA) is 35.5 Å². The SMILES string of the molecule is CCc1ccc(OCC(=O)Oc2ccccc2-c2ccccc2)cc1. The highest BCUT2D eigenvalue weighted by molar-refractivity contribution is 5.78. The van der Waals surface area contributed by atoms with Gasteiger partial charge in [-0.3, -0.25) is 0 Å². The average Bonchev–Trinajstić information content (AvgIpc) is 2.68. The molecule has 0 aliphatic rings. The smallest absolute Gasteiger partial charge is 0.349 e. The van der Waals surface area contributed by atoms with Crippen molar-refractivity contribution in [3.05, 3.63) is 84.4 Å². The van der Waals surface area contributed by atoms with Gasteiger partial charge in [-0.1, -0.05) is 67.6 Å². The maximum absolute atomic E-state index is 12.1. The summed E-state index contributed by atoms with van der Waals surface area (Å²) in [5, 5.41) is 0. The van der Waals surface area contributed by atoms with Crippen LogP contribution in [0.1, 0.15) is 12.5 Å². The molecule has 0 radical (unpaired) electrons. The number of hydrogen-bond donors (Lipinski definition) is 0. The summed E-state index contributed by atoms with van der Waals surface area (Å²) in [5.41, 5.74) is 3.11. The molecule has 0 heterocycles. The van der Waals surface area contributed by atoms with Gasteiger partial charge < -0.3 is 9.47 Å². The lowest BCUT2D eigenvalue weighted by Gasteiger charge is -2.11. The fourth-order valence-corrected chi connectivity index (χ4v) is 2.53. The van der Waals surface area contributed by atoms with Gasteiger partial charge in [0, 0.05) is 5.56 Å². The minimum atomic E-state index is -0.428. The summed E-state index contributed by atoms with van der Waals surface area (Å²) in [6, 6.07) is 25.0. The van der Waals surface area contributed by atoms with Crippen molar-refractivity contribution in [1.29, 1.82) is 0 Å². The molecule has 0 saturated carbocycles. The molecule has 3 aromatic rings. The number of carbonyl (C=O) groups excluding carboxylic acids is 1. The van der Waals surface area contributed by atoms with Crippen LogP contribution in [-0.4, -0.2) is 12.6 Å². The molecule has 0 amide bonds. The molecular weight excluding hydrogens is 312 g/mol. The van der Waals surface area contributed by atoms with Crippen LogP contribution in [0.25, 0.3) is 11.1 Å². The van der Waals surface area contributed by atoms with Crippen molar-refractivity contribution in [3.63, 3.8) is 0 Å². The van der Waals surface area contributed by atoms with E-state index in [0.717, 1.165) is 17.5 Å². The minimum Gasteiger partial charge on any atom is -0.482 e. The summed E-state index contributed by atoms with van der Waals surface area (Å²) in [7, 11) is 0. The summed E-state index contributed by atoms with van der Waals surface area (Å²) in [6.45, 7) is 1.96.